The number of rotatable bonds is 4. The van der Waals surface area contributed by atoms with Gasteiger partial charge in [0.05, 0.1) is 5.69 Å². The van der Waals surface area contributed by atoms with Crippen molar-refractivity contribution in [3.8, 4) is 11.3 Å². The maximum Gasteiger partial charge on any atom is 0.223 e. The van der Waals surface area contributed by atoms with Crippen LogP contribution in [0.25, 0.3) is 11.3 Å². The van der Waals surface area contributed by atoms with Gasteiger partial charge in [0.2, 0.25) is 5.95 Å². The Labute approximate surface area is 106 Å². The van der Waals surface area contributed by atoms with Crippen molar-refractivity contribution in [2.24, 2.45) is 0 Å². The zero-order valence-electron chi connectivity index (χ0n) is 10.6. The van der Waals surface area contributed by atoms with Crippen molar-refractivity contribution in [1.29, 1.82) is 0 Å². The fourth-order valence-electron chi connectivity index (χ4n) is 1.66. The van der Waals surface area contributed by atoms with Crippen molar-refractivity contribution < 1.29 is 4.39 Å². The van der Waals surface area contributed by atoms with Crippen LogP contribution in [-0.2, 0) is 0 Å². The van der Waals surface area contributed by atoms with E-state index < -0.39 is 0 Å². The van der Waals surface area contributed by atoms with E-state index in [2.05, 4.69) is 22.2 Å². The average molecular weight is 245 g/mol. The maximum atomic E-state index is 12.9. The quantitative estimate of drug-likeness (QED) is 0.897. The third-order valence-corrected chi connectivity index (χ3v) is 2.62. The fraction of sp³-hybridized carbons (Fsp3) is 0.286. The van der Waals surface area contributed by atoms with Crippen molar-refractivity contribution in [3.63, 3.8) is 0 Å². The van der Waals surface area contributed by atoms with E-state index in [1.54, 1.807) is 18.3 Å². The Morgan fingerprint density at radius 1 is 1.22 bits per heavy atom. The van der Waals surface area contributed by atoms with Crippen molar-refractivity contribution in [2.75, 3.05) is 11.9 Å². The number of anilines is 1. The van der Waals surface area contributed by atoms with Gasteiger partial charge < -0.3 is 5.32 Å². The molecule has 0 unspecified atom stereocenters. The number of aromatic nitrogens is 2. The SMILES string of the molecule is CCCNc1ncc(C)c(-c2ccc(F)cc2)n1. The van der Waals surface area contributed by atoms with E-state index in [4.69, 9.17) is 0 Å². The van der Waals surface area contributed by atoms with Crippen LogP contribution in [0.4, 0.5) is 10.3 Å². The molecule has 0 aliphatic carbocycles. The predicted octanol–water partition coefficient (Wildman–Crippen LogP) is 3.41. The third-order valence-electron chi connectivity index (χ3n) is 2.62. The van der Waals surface area contributed by atoms with E-state index in [0.717, 1.165) is 29.8 Å². The largest absolute Gasteiger partial charge is 0.354 e. The summed E-state index contributed by atoms with van der Waals surface area (Å²) in [6.07, 6.45) is 2.80. The number of nitrogens with one attached hydrogen (secondary N) is 1. The zero-order valence-corrected chi connectivity index (χ0v) is 10.6. The van der Waals surface area contributed by atoms with Crippen LogP contribution in [0.3, 0.4) is 0 Å². The topological polar surface area (TPSA) is 37.8 Å². The molecule has 0 saturated heterocycles. The van der Waals surface area contributed by atoms with Crippen molar-refractivity contribution in [1.82, 2.24) is 9.97 Å². The van der Waals surface area contributed by atoms with Gasteiger partial charge in [-0.25, -0.2) is 14.4 Å². The van der Waals surface area contributed by atoms with E-state index in [-0.39, 0.29) is 5.82 Å². The highest BCUT2D eigenvalue weighted by Crippen LogP contribution is 2.21. The molecule has 0 spiro atoms. The second-order valence-corrected chi connectivity index (χ2v) is 4.16. The minimum Gasteiger partial charge on any atom is -0.354 e. The molecule has 1 aromatic carbocycles. The molecule has 18 heavy (non-hydrogen) atoms. The number of benzene rings is 1. The van der Waals surface area contributed by atoms with Crippen LogP contribution >= 0.6 is 0 Å². The van der Waals surface area contributed by atoms with E-state index in [9.17, 15) is 4.39 Å². The van der Waals surface area contributed by atoms with Gasteiger partial charge in [-0.15, -0.1) is 0 Å². The fourth-order valence-corrected chi connectivity index (χ4v) is 1.66. The Bertz CT molecular complexity index is 523. The highest BCUT2D eigenvalue weighted by atomic mass is 19.1. The monoisotopic (exact) mass is 245 g/mol. The maximum absolute atomic E-state index is 12.9. The lowest BCUT2D eigenvalue weighted by Gasteiger charge is -2.08. The second kappa shape index (κ2) is 5.58. The summed E-state index contributed by atoms with van der Waals surface area (Å²) in [5, 5.41) is 3.15. The van der Waals surface area contributed by atoms with Crippen molar-refractivity contribution >= 4 is 5.95 Å². The lowest BCUT2D eigenvalue weighted by Crippen LogP contribution is -2.05. The normalized spacial score (nSPS) is 10.4. The summed E-state index contributed by atoms with van der Waals surface area (Å²) >= 11 is 0. The molecule has 0 bridgehead atoms. The minimum atomic E-state index is -0.241. The van der Waals surface area contributed by atoms with Gasteiger partial charge in [-0.05, 0) is 43.2 Å². The van der Waals surface area contributed by atoms with Crippen LogP contribution in [0.15, 0.2) is 30.5 Å². The van der Waals surface area contributed by atoms with E-state index in [1.807, 2.05) is 6.92 Å². The Kier molecular flexibility index (Phi) is 3.87. The van der Waals surface area contributed by atoms with Crippen LogP contribution in [-0.4, -0.2) is 16.5 Å². The first kappa shape index (κ1) is 12.5. The molecule has 4 heteroatoms. The van der Waals surface area contributed by atoms with Crippen LogP contribution in [0.5, 0.6) is 0 Å². The standard InChI is InChI=1S/C14H16FN3/c1-3-8-16-14-17-9-10(2)13(18-14)11-4-6-12(15)7-5-11/h4-7,9H,3,8H2,1-2H3,(H,16,17,18). The van der Waals surface area contributed by atoms with E-state index in [0.29, 0.717) is 5.95 Å². The Hall–Kier alpha value is -1.97. The molecule has 0 aliphatic rings. The van der Waals surface area contributed by atoms with Gasteiger partial charge in [0, 0.05) is 18.3 Å². The molecular weight excluding hydrogens is 229 g/mol. The molecule has 0 atom stereocenters. The Morgan fingerprint density at radius 2 is 1.94 bits per heavy atom. The number of aryl methyl sites for hydroxylation is 1. The van der Waals surface area contributed by atoms with Gasteiger partial charge in [0.1, 0.15) is 5.82 Å². The van der Waals surface area contributed by atoms with Gasteiger partial charge in [-0.3, -0.25) is 0 Å². The second-order valence-electron chi connectivity index (χ2n) is 4.16. The molecule has 1 aromatic heterocycles. The summed E-state index contributed by atoms with van der Waals surface area (Å²) < 4.78 is 12.9. The highest BCUT2D eigenvalue weighted by molar-refractivity contribution is 5.63. The molecule has 0 saturated carbocycles. The van der Waals surface area contributed by atoms with Crippen LogP contribution in [0.1, 0.15) is 18.9 Å². The minimum absolute atomic E-state index is 0.241. The lowest BCUT2D eigenvalue weighted by molar-refractivity contribution is 0.628. The molecule has 3 nitrogen and oxygen atoms in total. The molecule has 1 N–H and O–H groups in total. The zero-order chi connectivity index (χ0) is 13.0. The van der Waals surface area contributed by atoms with Crippen LogP contribution < -0.4 is 5.32 Å². The van der Waals surface area contributed by atoms with Gasteiger partial charge in [-0.2, -0.15) is 0 Å². The molecule has 0 amide bonds. The van der Waals surface area contributed by atoms with Crippen LogP contribution in [0, 0.1) is 12.7 Å². The first-order chi connectivity index (χ1) is 8.70. The van der Waals surface area contributed by atoms with E-state index >= 15 is 0 Å². The average Bonchev–Trinajstić information content (AvgIpc) is 2.39. The molecule has 0 radical (unpaired) electrons. The first-order valence-electron chi connectivity index (χ1n) is 6.04. The van der Waals surface area contributed by atoms with Gasteiger partial charge >= 0.3 is 0 Å². The molecular formula is C14H16FN3. The number of hydrogen-bond donors (Lipinski definition) is 1. The number of halogens is 1. The van der Waals surface area contributed by atoms with Crippen LogP contribution in [0.2, 0.25) is 0 Å². The third kappa shape index (κ3) is 2.83. The summed E-state index contributed by atoms with van der Waals surface area (Å²) in [5.74, 6) is 0.372. The lowest BCUT2D eigenvalue weighted by atomic mass is 10.1. The smallest absolute Gasteiger partial charge is 0.223 e. The first-order valence-corrected chi connectivity index (χ1v) is 6.04. The molecule has 2 rings (SSSR count). The summed E-state index contributed by atoms with van der Waals surface area (Å²) in [6.45, 7) is 4.87. The predicted molar refractivity (Wildman–Crippen MR) is 70.9 cm³/mol. The Morgan fingerprint density at radius 3 is 2.61 bits per heavy atom. The van der Waals surface area contributed by atoms with Gasteiger partial charge in [-0.1, -0.05) is 6.92 Å². The summed E-state index contributed by atoms with van der Waals surface area (Å²) in [6, 6.07) is 6.34. The van der Waals surface area contributed by atoms with Crippen molar-refractivity contribution in [3.05, 3.63) is 41.8 Å². The van der Waals surface area contributed by atoms with Gasteiger partial charge in [0.15, 0.2) is 0 Å². The highest BCUT2D eigenvalue weighted by Gasteiger charge is 2.06. The molecule has 94 valence electrons. The van der Waals surface area contributed by atoms with Crippen molar-refractivity contribution in [2.45, 2.75) is 20.3 Å². The molecule has 2 aromatic rings. The van der Waals surface area contributed by atoms with E-state index in [1.165, 1.54) is 12.1 Å². The summed E-state index contributed by atoms with van der Waals surface area (Å²) in [4.78, 5) is 8.69. The summed E-state index contributed by atoms with van der Waals surface area (Å²) in [7, 11) is 0. The number of nitrogens with zero attached hydrogens (tertiary/aromatic N) is 2. The molecule has 0 aliphatic heterocycles. The summed E-state index contributed by atoms with van der Waals surface area (Å²) in [5.41, 5.74) is 2.71. The van der Waals surface area contributed by atoms with Gasteiger partial charge in [0.25, 0.3) is 0 Å². The molecule has 1 heterocycles. The number of hydrogen-bond acceptors (Lipinski definition) is 3. The molecule has 0 fully saturated rings. The Balaban J connectivity index is 2.33.